The molecule has 0 aliphatic rings. The zero-order valence-electron chi connectivity index (χ0n) is 9.70. The Balaban J connectivity index is 4.85. The first-order valence-electron chi connectivity index (χ1n) is 4.89. The second-order valence-corrected chi connectivity index (χ2v) is 3.89. The lowest BCUT2D eigenvalue weighted by molar-refractivity contribution is -0.155. The molecule has 0 aromatic rings. The molecule has 1 atom stereocenters. The quantitative estimate of drug-likeness (QED) is 0.705. The molecule has 0 fully saturated rings. The maximum absolute atomic E-state index is 11.2. The van der Waals surface area contributed by atoms with Crippen molar-refractivity contribution in [3.8, 4) is 0 Å². The van der Waals surface area contributed by atoms with Crippen LogP contribution in [0.4, 0.5) is 0 Å². The Morgan fingerprint density at radius 1 is 1.57 bits per heavy atom. The third kappa shape index (κ3) is 2.69. The highest BCUT2D eigenvalue weighted by atomic mass is 16.5. The summed E-state index contributed by atoms with van der Waals surface area (Å²) < 4.78 is 4.98. The molecule has 14 heavy (non-hydrogen) atoms. The summed E-state index contributed by atoms with van der Waals surface area (Å²) in [5.74, 6) is -0.838. The van der Waals surface area contributed by atoms with Gasteiger partial charge < -0.3 is 9.84 Å². The van der Waals surface area contributed by atoms with Gasteiger partial charge in [0.1, 0.15) is 5.54 Å². The second-order valence-electron chi connectivity index (χ2n) is 3.89. The minimum absolute atomic E-state index is 0.191. The van der Waals surface area contributed by atoms with Gasteiger partial charge in [-0.05, 0) is 27.3 Å². The zero-order chi connectivity index (χ0) is 11.4. The molecular weight excluding hydrogens is 182 g/mol. The summed E-state index contributed by atoms with van der Waals surface area (Å²) in [6.07, 6.45) is 0. The fourth-order valence-electron chi connectivity index (χ4n) is 1.83. The zero-order valence-corrected chi connectivity index (χ0v) is 9.70. The highest BCUT2D eigenvalue weighted by molar-refractivity contribution is 5.78. The number of rotatable bonds is 6. The molecular formula is C10H21NO3. The third-order valence-corrected chi connectivity index (χ3v) is 2.48. The molecule has 0 aromatic heterocycles. The van der Waals surface area contributed by atoms with Gasteiger partial charge in [0, 0.05) is 13.2 Å². The van der Waals surface area contributed by atoms with Gasteiger partial charge in [0.15, 0.2) is 0 Å². The molecule has 0 saturated heterocycles. The van der Waals surface area contributed by atoms with E-state index in [0.717, 1.165) is 0 Å². The summed E-state index contributed by atoms with van der Waals surface area (Å²) >= 11 is 0. The standard InChI is InChI=1S/C10H21NO3/c1-6-11(8(2)3)10(4,7-14-5)9(12)13/h8H,6-7H2,1-5H3,(H,12,13). The minimum atomic E-state index is -0.933. The van der Waals surface area contributed by atoms with Crippen molar-refractivity contribution in [3.05, 3.63) is 0 Å². The monoisotopic (exact) mass is 203 g/mol. The molecule has 0 rings (SSSR count). The Labute approximate surface area is 85.9 Å². The first-order valence-corrected chi connectivity index (χ1v) is 4.89. The Morgan fingerprint density at radius 2 is 2.07 bits per heavy atom. The average molecular weight is 203 g/mol. The fourth-order valence-corrected chi connectivity index (χ4v) is 1.83. The van der Waals surface area contributed by atoms with Gasteiger partial charge in [-0.15, -0.1) is 0 Å². The van der Waals surface area contributed by atoms with Crippen LogP contribution in [0.2, 0.25) is 0 Å². The van der Waals surface area contributed by atoms with Crippen LogP contribution in [-0.2, 0) is 9.53 Å². The van der Waals surface area contributed by atoms with E-state index in [4.69, 9.17) is 4.74 Å². The van der Waals surface area contributed by atoms with E-state index in [9.17, 15) is 9.90 Å². The summed E-state index contributed by atoms with van der Waals surface area (Å²) in [5, 5.41) is 9.19. The highest BCUT2D eigenvalue weighted by Gasteiger charge is 2.40. The first kappa shape index (κ1) is 13.4. The number of nitrogens with zero attached hydrogens (tertiary/aromatic N) is 1. The number of carbonyl (C=O) groups is 1. The topological polar surface area (TPSA) is 49.8 Å². The first-order chi connectivity index (χ1) is 6.40. The second kappa shape index (κ2) is 5.32. The molecule has 0 amide bonds. The third-order valence-electron chi connectivity index (χ3n) is 2.48. The smallest absolute Gasteiger partial charge is 0.326 e. The van der Waals surface area contributed by atoms with Crippen LogP contribution in [-0.4, -0.2) is 47.8 Å². The number of ether oxygens (including phenoxy) is 1. The van der Waals surface area contributed by atoms with Crippen molar-refractivity contribution in [3.63, 3.8) is 0 Å². The Bertz CT molecular complexity index is 194. The highest BCUT2D eigenvalue weighted by Crippen LogP contribution is 2.18. The van der Waals surface area contributed by atoms with E-state index in [1.54, 1.807) is 6.92 Å². The van der Waals surface area contributed by atoms with Crippen LogP contribution in [0.1, 0.15) is 27.7 Å². The van der Waals surface area contributed by atoms with Gasteiger partial charge in [0.2, 0.25) is 0 Å². The molecule has 4 nitrogen and oxygen atoms in total. The van der Waals surface area contributed by atoms with Crippen molar-refractivity contribution in [2.24, 2.45) is 0 Å². The van der Waals surface area contributed by atoms with Crippen molar-refractivity contribution >= 4 is 5.97 Å². The Hall–Kier alpha value is -0.610. The van der Waals surface area contributed by atoms with Gasteiger partial charge in [-0.3, -0.25) is 9.69 Å². The van der Waals surface area contributed by atoms with E-state index in [1.807, 2.05) is 25.7 Å². The molecule has 1 unspecified atom stereocenters. The number of carboxylic acids is 1. The molecule has 0 radical (unpaired) electrons. The van der Waals surface area contributed by atoms with E-state index in [-0.39, 0.29) is 12.6 Å². The molecule has 0 aliphatic heterocycles. The van der Waals surface area contributed by atoms with Crippen molar-refractivity contribution in [2.75, 3.05) is 20.3 Å². The van der Waals surface area contributed by atoms with E-state index in [1.165, 1.54) is 7.11 Å². The number of methoxy groups -OCH3 is 1. The van der Waals surface area contributed by atoms with Gasteiger partial charge in [0.25, 0.3) is 0 Å². The summed E-state index contributed by atoms with van der Waals surface area (Å²) in [4.78, 5) is 13.1. The number of hydrogen-bond donors (Lipinski definition) is 1. The molecule has 0 aliphatic carbocycles. The minimum Gasteiger partial charge on any atom is -0.480 e. The Kier molecular flexibility index (Phi) is 5.08. The van der Waals surface area contributed by atoms with Crippen molar-refractivity contribution in [1.82, 2.24) is 4.90 Å². The van der Waals surface area contributed by atoms with E-state index < -0.39 is 11.5 Å². The number of carboxylic acid groups (broad SMARTS) is 1. The maximum atomic E-state index is 11.2. The van der Waals surface area contributed by atoms with Crippen LogP contribution >= 0.6 is 0 Å². The fraction of sp³-hybridized carbons (Fsp3) is 0.900. The molecule has 0 spiro atoms. The number of aliphatic carboxylic acids is 1. The van der Waals surface area contributed by atoms with Gasteiger partial charge in [-0.1, -0.05) is 6.92 Å². The largest absolute Gasteiger partial charge is 0.480 e. The lowest BCUT2D eigenvalue weighted by Gasteiger charge is -2.39. The maximum Gasteiger partial charge on any atom is 0.326 e. The van der Waals surface area contributed by atoms with Gasteiger partial charge >= 0.3 is 5.97 Å². The van der Waals surface area contributed by atoms with Crippen LogP contribution in [0.15, 0.2) is 0 Å². The van der Waals surface area contributed by atoms with Crippen LogP contribution < -0.4 is 0 Å². The summed E-state index contributed by atoms with van der Waals surface area (Å²) in [5.41, 5.74) is -0.933. The molecule has 0 aromatic carbocycles. The van der Waals surface area contributed by atoms with E-state index >= 15 is 0 Å². The van der Waals surface area contributed by atoms with Gasteiger partial charge in [0.05, 0.1) is 6.61 Å². The van der Waals surface area contributed by atoms with Crippen molar-refractivity contribution < 1.29 is 14.6 Å². The normalized spacial score (nSPS) is 15.9. The molecule has 4 heteroatoms. The average Bonchev–Trinajstić information content (AvgIpc) is 2.04. The van der Waals surface area contributed by atoms with E-state index in [2.05, 4.69) is 0 Å². The molecule has 0 bridgehead atoms. The number of likely N-dealkylation sites (N-methyl/N-ethyl adjacent to an activating group) is 1. The van der Waals surface area contributed by atoms with Gasteiger partial charge in [-0.25, -0.2) is 0 Å². The Morgan fingerprint density at radius 3 is 2.29 bits per heavy atom. The molecule has 1 N–H and O–H groups in total. The summed E-state index contributed by atoms with van der Waals surface area (Å²) in [7, 11) is 1.52. The van der Waals surface area contributed by atoms with Crippen LogP contribution in [0.3, 0.4) is 0 Å². The molecule has 0 saturated carbocycles. The van der Waals surface area contributed by atoms with Crippen LogP contribution in [0.25, 0.3) is 0 Å². The molecule has 0 heterocycles. The molecule has 84 valence electrons. The summed E-state index contributed by atoms with van der Waals surface area (Å²) in [6, 6.07) is 0.191. The van der Waals surface area contributed by atoms with E-state index in [0.29, 0.717) is 6.54 Å². The van der Waals surface area contributed by atoms with Gasteiger partial charge in [-0.2, -0.15) is 0 Å². The van der Waals surface area contributed by atoms with Crippen molar-refractivity contribution in [1.29, 1.82) is 0 Å². The van der Waals surface area contributed by atoms with Crippen molar-refractivity contribution in [2.45, 2.75) is 39.3 Å². The lowest BCUT2D eigenvalue weighted by atomic mass is 9.99. The van der Waals surface area contributed by atoms with Crippen LogP contribution in [0.5, 0.6) is 0 Å². The predicted molar refractivity (Wildman–Crippen MR) is 55.4 cm³/mol. The number of hydrogen-bond acceptors (Lipinski definition) is 3. The SMILES string of the molecule is CCN(C(C)C)C(C)(COC)C(=O)O. The predicted octanol–water partition coefficient (Wildman–Crippen LogP) is 1.21. The lowest BCUT2D eigenvalue weighted by Crippen LogP contribution is -2.57. The summed E-state index contributed by atoms with van der Waals surface area (Å²) in [6.45, 7) is 8.53. The van der Waals surface area contributed by atoms with Crippen LogP contribution in [0, 0.1) is 0 Å².